The molecule has 1 amide bonds. The van der Waals surface area contributed by atoms with Gasteiger partial charge in [0.05, 0.1) is 13.1 Å². The predicted molar refractivity (Wildman–Crippen MR) is 94.8 cm³/mol. The Morgan fingerprint density at radius 3 is 2.52 bits per heavy atom. The molecule has 0 atom stereocenters. The monoisotopic (exact) mass is 331 g/mol. The predicted octanol–water partition coefficient (Wildman–Crippen LogP) is 3.12. The van der Waals surface area contributed by atoms with Crippen LogP contribution in [0.4, 0.5) is 0 Å². The Labute approximate surface area is 142 Å². The SMILES string of the molecule is Cc1ccc(C)n1C1CCN(CC(=O)NCc2cccs2)CC1. The molecule has 0 aliphatic carbocycles. The van der Waals surface area contributed by atoms with Gasteiger partial charge in [-0.25, -0.2) is 0 Å². The molecule has 23 heavy (non-hydrogen) atoms. The number of likely N-dealkylation sites (tertiary alicyclic amines) is 1. The molecule has 1 aliphatic rings. The van der Waals surface area contributed by atoms with Crippen molar-refractivity contribution in [2.45, 2.75) is 39.3 Å². The van der Waals surface area contributed by atoms with Gasteiger partial charge in [-0.05, 0) is 50.3 Å². The highest BCUT2D eigenvalue weighted by atomic mass is 32.1. The molecule has 1 fully saturated rings. The molecular weight excluding hydrogens is 306 g/mol. The number of hydrogen-bond acceptors (Lipinski definition) is 3. The molecule has 2 aromatic heterocycles. The molecule has 1 saturated heterocycles. The van der Waals surface area contributed by atoms with Crippen molar-refractivity contribution >= 4 is 17.2 Å². The minimum atomic E-state index is 0.130. The van der Waals surface area contributed by atoms with Crippen molar-refractivity contribution in [2.24, 2.45) is 0 Å². The van der Waals surface area contributed by atoms with Crippen LogP contribution < -0.4 is 5.32 Å². The van der Waals surface area contributed by atoms with Crippen molar-refractivity contribution in [3.63, 3.8) is 0 Å². The first-order valence-corrected chi connectivity index (χ1v) is 9.17. The van der Waals surface area contributed by atoms with E-state index in [2.05, 4.69) is 46.8 Å². The van der Waals surface area contributed by atoms with Crippen LogP contribution in [0.3, 0.4) is 0 Å². The molecular formula is C18H25N3OS. The van der Waals surface area contributed by atoms with Crippen LogP contribution in [0.25, 0.3) is 0 Å². The third-order valence-electron chi connectivity index (χ3n) is 4.66. The molecule has 3 heterocycles. The largest absolute Gasteiger partial charge is 0.350 e. The zero-order chi connectivity index (χ0) is 16.2. The molecule has 0 unspecified atom stereocenters. The van der Waals surface area contributed by atoms with E-state index < -0.39 is 0 Å². The Morgan fingerprint density at radius 1 is 1.22 bits per heavy atom. The number of rotatable bonds is 5. The molecule has 3 rings (SSSR count). The Kier molecular flexibility index (Phi) is 5.18. The lowest BCUT2D eigenvalue weighted by molar-refractivity contribution is -0.122. The van der Waals surface area contributed by atoms with Gasteiger partial charge in [0, 0.05) is 35.4 Å². The van der Waals surface area contributed by atoms with E-state index >= 15 is 0 Å². The maximum absolute atomic E-state index is 12.1. The number of piperidine rings is 1. The van der Waals surface area contributed by atoms with Crippen molar-refractivity contribution in [3.8, 4) is 0 Å². The molecule has 0 saturated carbocycles. The number of nitrogens with one attached hydrogen (secondary N) is 1. The van der Waals surface area contributed by atoms with E-state index in [1.54, 1.807) is 11.3 Å². The Bertz CT molecular complexity index is 620. The van der Waals surface area contributed by atoms with Gasteiger partial charge in [0.2, 0.25) is 5.91 Å². The average Bonchev–Trinajstić information content (AvgIpc) is 3.17. The third kappa shape index (κ3) is 4.03. The number of nitrogens with zero attached hydrogens (tertiary/aromatic N) is 2. The number of aromatic nitrogens is 1. The van der Waals surface area contributed by atoms with Gasteiger partial charge in [0.15, 0.2) is 0 Å². The van der Waals surface area contributed by atoms with Gasteiger partial charge in [-0.2, -0.15) is 0 Å². The van der Waals surface area contributed by atoms with E-state index in [1.165, 1.54) is 16.3 Å². The second-order valence-electron chi connectivity index (χ2n) is 6.35. The number of thiophene rings is 1. The van der Waals surface area contributed by atoms with Crippen LogP contribution >= 0.6 is 11.3 Å². The maximum atomic E-state index is 12.1. The van der Waals surface area contributed by atoms with Crippen molar-refractivity contribution in [1.82, 2.24) is 14.8 Å². The summed E-state index contributed by atoms with van der Waals surface area (Å²) in [5.74, 6) is 0.130. The molecule has 124 valence electrons. The molecule has 0 bridgehead atoms. The summed E-state index contributed by atoms with van der Waals surface area (Å²) in [6.07, 6.45) is 2.24. The number of carbonyl (C=O) groups is 1. The maximum Gasteiger partial charge on any atom is 0.234 e. The first kappa shape index (κ1) is 16.3. The summed E-state index contributed by atoms with van der Waals surface area (Å²) < 4.78 is 2.45. The lowest BCUT2D eigenvalue weighted by Crippen LogP contribution is -2.41. The third-order valence-corrected chi connectivity index (χ3v) is 5.53. The van der Waals surface area contributed by atoms with Crippen LogP contribution in [0.1, 0.15) is 35.1 Å². The van der Waals surface area contributed by atoms with E-state index in [4.69, 9.17) is 0 Å². The molecule has 0 aromatic carbocycles. The smallest absolute Gasteiger partial charge is 0.234 e. The molecule has 0 radical (unpaired) electrons. The summed E-state index contributed by atoms with van der Waals surface area (Å²) in [6, 6.07) is 9.04. The van der Waals surface area contributed by atoms with Crippen molar-refractivity contribution in [2.75, 3.05) is 19.6 Å². The van der Waals surface area contributed by atoms with Crippen molar-refractivity contribution in [1.29, 1.82) is 0 Å². The van der Waals surface area contributed by atoms with Gasteiger partial charge < -0.3 is 9.88 Å². The highest BCUT2D eigenvalue weighted by molar-refractivity contribution is 7.09. The van der Waals surface area contributed by atoms with Crippen LogP contribution in [0.2, 0.25) is 0 Å². The Balaban J connectivity index is 1.45. The van der Waals surface area contributed by atoms with Gasteiger partial charge in [-0.1, -0.05) is 6.07 Å². The normalized spacial score (nSPS) is 16.6. The molecule has 0 spiro atoms. The first-order chi connectivity index (χ1) is 11.1. The van der Waals surface area contributed by atoms with Gasteiger partial charge in [0.25, 0.3) is 0 Å². The van der Waals surface area contributed by atoms with E-state index in [9.17, 15) is 4.79 Å². The lowest BCUT2D eigenvalue weighted by Gasteiger charge is -2.33. The van der Waals surface area contributed by atoms with Gasteiger partial charge in [0.1, 0.15) is 0 Å². The quantitative estimate of drug-likeness (QED) is 0.914. The average molecular weight is 331 g/mol. The number of carbonyl (C=O) groups excluding carboxylic acids is 1. The van der Waals surface area contributed by atoms with E-state index in [-0.39, 0.29) is 5.91 Å². The summed E-state index contributed by atoms with van der Waals surface area (Å²) in [7, 11) is 0. The summed E-state index contributed by atoms with van der Waals surface area (Å²) in [4.78, 5) is 15.5. The van der Waals surface area contributed by atoms with Crippen LogP contribution in [0.15, 0.2) is 29.6 Å². The highest BCUT2D eigenvalue weighted by Gasteiger charge is 2.23. The fourth-order valence-electron chi connectivity index (χ4n) is 3.45. The lowest BCUT2D eigenvalue weighted by atomic mass is 10.0. The minimum absolute atomic E-state index is 0.130. The fraction of sp³-hybridized carbons (Fsp3) is 0.500. The van der Waals surface area contributed by atoms with Crippen LogP contribution in [-0.2, 0) is 11.3 Å². The van der Waals surface area contributed by atoms with Crippen LogP contribution in [0.5, 0.6) is 0 Å². The van der Waals surface area contributed by atoms with Gasteiger partial charge in [-0.15, -0.1) is 11.3 Å². The standard InChI is InChI=1S/C18H25N3OS/c1-14-5-6-15(2)21(14)16-7-9-20(10-8-16)13-18(22)19-12-17-4-3-11-23-17/h3-6,11,16H,7-10,12-13H2,1-2H3,(H,19,22). The topological polar surface area (TPSA) is 37.3 Å². The second kappa shape index (κ2) is 7.32. The summed E-state index contributed by atoms with van der Waals surface area (Å²) in [5.41, 5.74) is 2.68. The fourth-order valence-corrected chi connectivity index (χ4v) is 4.09. The van der Waals surface area contributed by atoms with Crippen LogP contribution in [0, 0.1) is 13.8 Å². The summed E-state index contributed by atoms with van der Waals surface area (Å²) in [6.45, 7) is 7.51. The highest BCUT2D eigenvalue weighted by Crippen LogP contribution is 2.26. The van der Waals surface area contributed by atoms with Gasteiger partial charge in [-0.3, -0.25) is 9.69 Å². The number of amides is 1. The summed E-state index contributed by atoms with van der Waals surface area (Å²) in [5, 5.41) is 5.05. The van der Waals surface area contributed by atoms with Gasteiger partial charge >= 0.3 is 0 Å². The Hall–Kier alpha value is -1.59. The first-order valence-electron chi connectivity index (χ1n) is 8.29. The zero-order valence-corrected chi connectivity index (χ0v) is 14.7. The van der Waals surface area contributed by atoms with Crippen molar-refractivity contribution in [3.05, 3.63) is 45.9 Å². The van der Waals surface area contributed by atoms with E-state index in [0.29, 0.717) is 19.1 Å². The number of aryl methyl sites for hydroxylation is 2. The molecule has 4 nitrogen and oxygen atoms in total. The Morgan fingerprint density at radius 2 is 1.91 bits per heavy atom. The second-order valence-corrected chi connectivity index (χ2v) is 7.38. The van der Waals surface area contributed by atoms with E-state index in [0.717, 1.165) is 25.9 Å². The van der Waals surface area contributed by atoms with E-state index in [1.807, 2.05) is 11.4 Å². The zero-order valence-electron chi connectivity index (χ0n) is 13.9. The molecule has 2 aromatic rings. The number of hydrogen-bond donors (Lipinski definition) is 1. The minimum Gasteiger partial charge on any atom is -0.350 e. The van der Waals surface area contributed by atoms with Crippen molar-refractivity contribution < 1.29 is 4.79 Å². The molecule has 5 heteroatoms. The molecule has 1 N–H and O–H groups in total. The molecule has 1 aliphatic heterocycles. The summed E-state index contributed by atoms with van der Waals surface area (Å²) >= 11 is 1.68. The van der Waals surface area contributed by atoms with Crippen LogP contribution in [-0.4, -0.2) is 35.0 Å².